The summed E-state index contributed by atoms with van der Waals surface area (Å²) in [4.78, 5) is 51.7. The fourth-order valence-corrected chi connectivity index (χ4v) is 9.80. The van der Waals surface area contributed by atoms with E-state index in [1.54, 1.807) is 6.07 Å². The molecule has 42 heavy (non-hydrogen) atoms. The number of phenols is 2. The Kier molecular flexibility index (Phi) is 6.69. The van der Waals surface area contributed by atoms with Crippen LogP contribution in [-0.2, 0) is 14.3 Å². The summed E-state index contributed by atoms with van der Waals surface area (Å²) in [6.45, 7) is 3.96. The van der Waals surface area contributed by atoms with Crippen LogP contribution in [0.3, 0.4) is 0 Å². The van der Waals surface area contributed by atoms with Crippen LogP contribution in [-0.4, -0.2) is 55.0 Å². The van der Waals surface area contributed by atoms with Crippen LogP contribution in [0.2, 0.25) is 0 Å². The minimum absolute atomic E-state index is 0.0726. The van der Waals surface area contributed by atoms with E-state index in [2.05, 4.69) is 12.2 Å². The van der Waals surface area contributed by atoms with Gasteiger partial charge >= 0.3 is 5.97 Å². The summed E-state index contributed by atoms with van der Waals surface area (Å²) in [5.41, 5.74) is -2.28. The van der Waals surface area contributed by atoms with E-state index in [0.717, 1.165) is 36.7 Å². The quantitative estimate of drug-likeness (QED) is 0.318. The maximum absolute atomic E-state index is 13.9. The van der Waals surface area contributed by atoms with Crippen LogP contribution in [0.4, 0.5) is 10.1 Å². The first kappa shape index (κ1) is 28.7. The van der Waals surface area contributed by atoms with Crippen molar-refractivity contribution in [2.75, 3.05) is 5.32 Å². The zero-order valence-corrected chi connectivity index (χ0v) is 24.0. The van der Waals surface area contributed by atoms with Gasteiger partial charge in [-0.05, 0) is 68.2 Å². The molecule has 1 spiro atoms. The topological polar surface area (TPSA) is 150 Å². The van der Waals surface area contributed by atoms with Crippen LogP contribution in [0.1, 0.15) is 73.1 Å². The van der Waals surface area contributed by atoms with Crippen LogP contribution in [0.25, 0.3) is 0 Å². The second-order valence-electron chi connectivity index (χ2n) is 12.7. The number of phenolic OH excluding ortho intramolecular Hbond substituents is 1. The van der Waals surface area contributed by atoms with Crippen molar-refractivity contribution in [2.24, 2.45) is 22.7 Å². The molecule has 5 aliphatic rings. The first-order valence-electron chi connectivity index (χ1n) is 14.0. The highest BCUT2D eigenvalue weighted by molar-refractivity contribution is 8.14. The van der Waals surface area contributed by atoms with Crippen molar-refractivity contribution < 1.29 is 43.6 Å². The van der Waals surface area contributed by atoms with Gasteiger partial charge in [0.25, 0.3) is 0 Å². The number of aromatic carboxylic acids is 1. The Morgan fingerprint density at radius 2 is 1.93 bits per heavy atom. The third kappa shape index (κ3) is 4.31. The number of aromatic hydroxyl groups is 2. The van der Waals surface area contributed by atoms with Gasteiger partial charge in [-0.2, -0.15) is 0 Å². The molecule has 222 valence electrons. The Hall–Kier alpha value is -3.44. The van der Waals surface area contributed by atoms with E-state index in [1.807, 2.05) is 6.92 Å². The van der Waals surface area contributed by atoms with E-state index < -0.39 is 45.9 Å². The molecule has 3 aliphatic carbocycles. The van der Waals surface area contributed by atoms with Gasteiger partial charge in [0.15, 0.2) is 5.75 Å². The Balaban J connectivity index is 1.25. The number of carboxylic acids is 1. The van der Waals surface area contributed by atoms with Crippen molar-refractivity contribution in [3.05, 3.63) is 53.3 Å². The van der Waals surface area contributed by atoms with Gasteiger partial charge in [0, 0.05) is 35.0 Å². The molecule has 2 saturated heterocycles. The molecule has 0 radical (unpaired) electrons. The van der Waals surface area contributed by atoms with Gasteiger partial charge in [0.05, 0.1) is 11.7 Å². The number of rotatable bonds is 7. The number of carbonyl (C=O) groups excluding carboxylic acids is 3. The number of hydrogen-bond acceptors (Lipinski definition) is 8. The molecule has 9 nitrogen and oxygen atoms in total. The lowest BCUT2D eigenvalue weighted by Crippen LogP contribution is -2.63. The highest BCUT2D eigenvalue weighted by atomic mass is 32.2. The summed E-state index contributed by atoms with van der Waals surface area (Å²) < 4.78 is 20.4. The number of Topliss-reactive ketones (excluding diaryl/α,β-unsaturated/α-hetero) is 1. The number of thioether (sulfide) groups is 1. The normalized spacial score (nSPS) is 34.3. The lowest BCUT2D eigenvalue weighted by Gasteiger charge is -2.60. The summed E-state index contributed by atoms with van der Waals surface area (Å²) >= 11 is 1.11. The van der Waals surface area contributed by atoms with Crippen LogP contribution < -0.4 is 5.32 Å². The predicted molar refractivity (Wildman–Crippen MR) is 151 cm³/mol. The molecule has 2 aromatic rings. The highest BCUT2D eigenvalue weighted by Gasteiger charge is 2.75. The van der Waals surface area contributed by atoms with Crippen molar-refractivity contribution in [1.29, 1.82) is 0 Å². The largest absolute Gasteiger partial charge is 0.506 e. The predicted octanol–water partition coefficient (Wildman–Crippen LogP) is 5.15. The van der Waals surface area contributed by atoms with E-state index in [-0.39, 0.29) is 64.0 Å². The number of ketones is 1. The maximum Gasteiger partial charge on any atom is 0.339 e. The van der Waals surface area contributed by atoms with Crippen molar-refractivity contribution in [3.8, 4) is 11.5 Å². The van der Waals surface area contributed by atoms with Gasteiger partial charge in [0.1, 0.15) is 28.6 Å². The number of benzene rings is 2. The molecule has 7 atom stereocenters. The number of nitrogens with one attached hydrogen (secondary N) is 1. The number of hydrogen-bond donors (Lipinski definition) is 4. The number of carbonyl (C=O) groups is 4. The number of halogens is 1. The Bertz CT molecular complexity index is 1530. The maximum atomic E-state index is 13.9. The van der Waals surface area contributed by atoms with E-state index >= 15 is 0 Å². The van der Waals surface area contributed by atoms with Gasteiger partial charge in [-0.3, -0.25) is 14.4 Å². The lowest BCUT2D eigenvalue weighted by atomic mass is 9.48. The zero-order chi connectivity index (χ0) is 30.2. The molecule has 2 heterocycles. The van der Waals surface area contributed by atoms with Crippen LogP contribution >= 0.6 is 11.8 Å². The summed E-state index contributed by atoms with van der Waals surface area (Å²) in [6.07, 6.45) is 2.28. The van der Waals surface area contributed by atoms with Gasteiger partial charge in [-0.25, -0.2) is 9.18 Å². The summed E-state index contributed by atoms with van der Waals surface area (Å²) in [7, 11) is 0. The van der Waals surface area contributed by atoms with Crippen molar-refractivity contribution in [1.82, 2.24) is 0 Å². The van der Waals surface area contributed by atoms with Crippen LogP contribution in [0.15, 0.2) is 36.4 Å². The first-order chi connectivity index (χ1) is 19.8. The molecular weight excluding hydrogens is 565 g/mol. The minimum Gasteiger partial charge on any atom is -0.506 e. The highest BCUT2D eigenvalue weighted by Crippen LogP contribution is 2.74. The van der Waals surface area contributed by atoms with E-state index in [0.29, 0.717) is 12.3 Å². The molecule has 7 rings (SSSR count). The molecule has 1 amide bonds. The van der Waals surface area contributed by atoms with Gasteiger partial charge in [-0.15, -0.1) is 0 Å². The molecule has 2 aromatic carbocycles. The van der Waals surface area contributed by atoms with Crippen molar-refractivity contribution in [3.63, 3.8) is 0 Å². The Morgan fingerprint density at radius 3 is 2.62 bits per heavy atom. The second-order valence-corrected chi connectivity index (χ2v) is 13.8. The number of ether oxygens (including phenoxy) is 1. The number of carboxylic acid groups (broad SMARTS) is 1. The molecular formula is C31H32FNO8S. The molecule has 11 heteroatoms. The number of amides is 1. The summed E-state index contributed by atoms with van der Waals surface area (Å²) in [5.74, 6) is -3.76. The molecule has 0 unspecified atom stereocenters. The van der Waals surface area contributed by atoms with E-state index in [1.165, 1.54) is 18.2 Å². The monoisotopic (exact) mass is 597 g/mol. The third-order valence-corrected chi connectivity index (χ3v) is 11.6. The van der Waals surface area contributed by atoms with Gasteiger partial charge in [-0.1, -0.05) is 30.8 Å². The Labute approximate surface area is 245 Å². The van der Waals surface area contributed by atoms with Crippen LogP contribution in [0.5, 0.6) is 11.5 Å². The average Bonchev–Trinajstić information content (AvgIpc) is 3.29. The Morgan fingerprint density at radius 1 is 1.17 bits per heavy atom. The van der Waals surface area contributed by atoms with E-state index in [4.69, 9.17) is 4.74 Å². The SMILES string of the molecule is C[C@]12C[C@]34C[C@@H]1C[C@H](O2)[C@H]3[C@](C)(CCC(=O)Nc1c(O)ccc(C(=O)O)c1O)C(=O)C[C@@H]4SC(=O)c1cccc(F)c1. The van der Waals surface area contributed by atoms with Crippen LogP contribution in [0, 0.1) is 28.5 Å². The van der Waals surface area contributed by atoms with Crippen molar-refractivity contribution in [2.45, 2.75) is 69.3 Å². The fraction of sp³-hybridized carbons (Fsp3) is 0.484. The molecule has 0 aromatic heterocycles. The fourth-order valence-electron chi connectivity index (χ4n) is 8.49. The second kappa shape index (κ2) is 9.80. The number of anilines is 1. The average molecular weight is 598 g/mol. The molecule has 2 aliphatic heterocycles. The standard InChI is InChI=1S/C31H32FNO8S/c1-29(9-8-23(36)33-24-19(34)7-6-18(25(24)37)27(38)39)21(35)12-22(42-28(40)15-4-3-5-17(32)10-15)31-13-16-11-20(26(29)31)41-30(16,2)14-31/h3-7,10,16,20,22,26,34,37H,8-9,11-14H2,1-2H3,(H,33,36)(H,38,39)/t16-,20-,22-,26-,29+,30-,31-/m0/s1. The van der Waals surface area contributed by atoms with Gasteiger partial charge < -0.3 is 25.4 Å². The van der Waals surface area contributed by atoms with E-state index in [9.17, 15) is 38.9 Å². The lowest BCUT2D eigenvalue weighted by molar-refractivity contribution is -0.189. The molecule has 4 N–H and O–H groups in total. The third-order valence-electron chi connectivity index (χ3n) is 10.3. The zero-order valence-electron chi connectivity index (χ0n) is 23.2. The first-order valence-corrected chi connectivity index (χ1v) is 14.9. The summed E-state index contributed by atoms with van der Waals surface area (Å²) in [5, 5.41) is 31.6. The van der Waals surface area contributed by atoms with Gasteiger partial charge in [0.2, 0.25) is 11.0 Å². The molecule has 5 fully saturated rings. The smallest absolute Gasteiger partial charge is 0.339 e. The molecule has 4 bridgehead atoms. The summed E-state index contributed by atoms with van der Waals surface area (Å²) in [6, 6.07) is 7.65. The van der Waals surface area contributed by atoms with Crippen molar-refractivity contribution >= 4 is 40.2 Å². The minimum atomic E-state index is -1.42. The molecule has 3 saturated carbocycles.